The molecule has 0 heterocycles. The van der Waals surface area contributed by atoms with Crippen LogP contribution in [0.15, 0.2) is 0 Å². The SMILES string of the molecule is CC(C)CCOC(=O)C(NC(=O)NC(C(=O)OC(C)(C)C)C(C)C)C(C)C. The Hall–Kier alpha value is -1.79. The summed E-state index contributed by atoms with van der Waals surface area (Å²) in [5.74, 6) is -0.873. The first-order chi connectivity index (χ1) is 12.2. The van der Waals surface area contributed by atoms with Crippen molar-refractivity contribution in [1.82, 2.24) is 10.6 Å². The zero-order valence-corrected chi connectivity index (χ0v) is 18.3. The number of ether oxygens (including phenoxy) is 2. The molecule has 2 amide bonds. The van der Waals surface area contributed by atoms with E-state index >= 15 is 0 Å². The van der Waals surface area contributed by atoms with Gasteiger partial charge < -0.3 is 20.1 Å². The largest absolute Gasteiger partial charge is 0.464 e. The van der Waals surface area contributed by atoms with Gasteiger partial charge in [-0.15, -0.1) is 0 Å². The lowest BCUT2D eigenvalue weighted by molar-refractivity contribution is -0.158. The standard InChI is InChI=1S/C20H38N2O5/c1-12(2)10-11-26-17(23)15(13(3)4)21-19(25)22-16(14(5)6)18(24)27-20(7,8)9/h12-16H,10-11H2,1-9H3,(H2,21,22,25). The monoisotopic (exact) mass is 386 g/mol. The van der Waals surface area contributed by atoms with Crippen molar-refractivity contribution in [2.75, 3.05) is 6.61 Å². The molecule has 0 aliphatic rings. The van der Waals surface area contributed by atoms with Gasteiger partial charge in [0, 0.05) is 0 Å². The first-order valence-corrected chi connectivity index (χ1v) is 9.71. The Kier molecular flexibility index (Phi) is 10.4. The van der Waals surface area contributed by atoms with E-state index in [-0.39, 0.29) is 11.8 Å². The predicted molar refractivity (Wildman–Crippen MR) is 105 cm³/mol. The van der Waals surface area contributed by atoms with Crippen molar-refractivity contribution in [2.45, 2.75) is 86.4 Å². The lowest BCUT2D eigenvalue weighted by Crippen LogP contribution is -2.55. The zero-order chi connectivity index (χ0) is 21.4. The fraction of sp³-hybridized carbons (Fsp3) is 0.850. The molecule has 0 rings (SSSR count). The van der Waals surface area contributed by atoms with Crippen molar-refractivity contribution in [3.63, 3.8) is 0 Å². The molecule has 0 spiro atoms. The Morgan fingerprint density at radius 3 is 1.63 bits per heavy atom. The van der Waals surface area contributed by atoms with Crippen LogP contribution in [0.5, 0.6) is 0 Å². The van der Waals surface area contributed by atoms with Crippen LogP contribution in [0, 0.1) is 17.8 Å². The van der Waals surface area contributed by atoms with Crippen molar-refractivity contribution in [3.05, 3.63) is 0 Å². The van der Waals surface area contributed by atoms with Crippen LogP contribution in [-0.4, -0.2) is 42.3 Å². The average molecular weight is 387 g/mol. The molecule has 0 aromatic carbocycles. The van der Waals surface area contributed by atoms with E-state index in [0.29, 0.717) is 12.5 Å². The Morgan fingerprint density at radius 1 is 0.815 bits per heavy atom. The number of carbonyl (C=O) groups is 3. The maximum Gasteiger partial charge on any atom is 0.329 e. The van der Waals surface area contributed by atoms with E-state index < -0.39 is 35.7 Å². The second-order valence-electron chi connectivity index (χ2n) is 8.94. The number of esters is 2. The van der Waals surface area contributed by atoms with Crippen LogP contribution in [0.25, 0.3) is 0 Å². The lowest BCUT2D eigenvalue weighted by atomic mass is 10.0. The quantitative estimate of drug-likeness (QED) is 0.593. The molecule has 0 saturated heterocycles. The van der Waals surface area contributed by atoms with Crippen LogP contribution in [-0.2, 0) is 19.1 Å². The molecule has 0 radical (unpaired) electrons. The summed E-state index contributed by atoms with van der Waals surface area (Å²) in [6, 6.07) is -2.20. The van der Waals surface area contributed by atoms with E-state index in [1.54, 1.807) is 20.8 Å². The lowest BCUT2D eigenvalue weighted by Gasteiger charge is -2.27. The van der Waals surface area contributed by atoms with Gasteiger partial charge in [-0.05, 0) is 44.9 Å². The minimum Gasteiger partial charge on any atom is -0.464 e. The van der Waals surface area contributed by atoms with Gasteiger partial charge in [-0.2, -0.15) is 0 Å². The number of urea groups is 1. The summed E-state index contributed by atoms with van der Waals surface area (Å²) in [5, 5.41) is 5.25. The highest BCUT2D eigenvalue weighted by molar-refractivity contribution is 5.87. The molecule has 27 heavy (non-hydrogen) atoms. The molecule has 158 valence electrons. The number of nitrogens with one attached hydrogen (secondary N) is 2. The third-order valence-electron chi connectivity index (χ3n) is 3.76. The predicted octanol–water partition coefficient (Wildman–Crippen LogP) is 3.27. The molecular weight excluding hydrogens is 348 g/mol. The molecule has 2 unspecified atom stereocenters. The third kappa shape index (κ3) is 10.8. The Labute approximate surface area is 163 Å². The second kappa shape index (κ2) is 11.1. The normalized spacial score (nSPS) is 14.1. The van der Waals surface area contributed by atoms with E-state index in [1.807, 2.05) is 41.5 Å². The van der Waals surface area contributed by atoms with E-state index in [9.17, 15) is 14.4 Å². The van der Waals surface area contributed by atoms with Gasteiger partial charge in [0.2, 0.25) is 0 Å². The fourth-order valence-electron chi connectivity index (χ4n) is 2.17. The molecule has 2 atom stereocenters. The van der Waals surface area contributed by atoms with Crippen LogP contribution >= 0.6 is 0 Å². The highest BCUT2D eigenvalue weighted by Gasteiger charge is 2.31. The van der Waals surface area contributed by atoms with Gasteiger partial charge in [-0.1, -0.05) is 41.5 Å². The fourth-order valence-corrected chi connectivity index (χ4v) is 2.17. The van der Waals surface area contributed by atoms with E-state index in [2.05, 4.69) is 10.6 Å². The van der Waals surface area contributed by atoms with Crippen molar-refractivity contribution in [3.8, 4) is 0 Å². The van der Waals surface area contributed by atoms with Crippen molar-refractivity contribution < 1.29 is 23.9 Å². The zero-order valence-electron chi connectivity index (χ0n) is 18.3. The molecule has 2 N–H and O–H groups in total. The third-order valence-corrected chi connectivity index (χ3v) is 3.76. The maximum atomic E-state index is 12.4. The van der Waals surface area contributed by atoms with Crippen LogP contribution in [0.1, 0.15) is 68.7 Å². The Balaban J connectivity index is 4.90. The van der Waals surface area contributed by atoms with Crippen LogP contribution < -0.4 is 10.6 Å². The summed E-state index contributed by atoms with van der Waals surface area (Å²) < 4.78 is 10.6. The van der Waals surface area contributed by atoms with Crippen molar-refractivity contribution in [2.24, 2.45) is 17.8 Å². The van der Waals surface area contributed by atoms with Crippen LogP contribution in [0.4, 0.5) is 4.79 Å². The molecule has 0 aliphatic carbocycles. The first kappa shape index (κ1) is 25.2. The molecule has 0 aliphatic heterocycles. The summed E-state index contributed by atoms with van der Waals surface area (Å²) >= 11 is 0. The second-order valence-corrected chi connectivity index (χ2v) is 8.94. The van der Waals surface area contributed by atoms with E-state index in [4.69, 9.17) is 9.47 Å². The number of hydrogen-bond donors (Lipinski definition) is 2. The minimum atomic E-state index is -0.811. The molecule has 7 nitrogen and oxygen atoms in total. The summed E-state index contributed by atoms with van der Waals surface area (Å²) in [4.78, 5) is 37.0. The van der Waals surface area contributed by atoms with Crippen molar-refractivity contribution in [1.29, 1.82) is 0 Å². The van der Waals surface area contributed by atoms with Gasteiger partial charge in [-0.3, -0.25) is 0 Å². The minimum absolute atomic E-state index is 0.152. The topological polar surface area (TPSA) is 93.7 Å². The highest BCUT2D eigenvalue weighted by Crippen LogP contribution is 2.13. The number of rotatable bonds is 9. The van der Waals surface area contributed by atoms with Gasteiger partial charge >= 0.3 is 18.0 Å². The number of carbonyl (C=O) groups excluding carboxylic acids is 3. The molecule has 7 heteroatoms. The van der Waals surface area contributed by atoms with Crippen LogP contribution in [0.2, 0.25) is 0 Å². The Morgan fingerprint density at radius 2 is 1.26 bits per heavy atom. The maximum absolute atomic E-state index is 12.4. The summed E-state index contributed by atoms with van der Waals surface area (Å²) in [5.41, 5.74) is -0.650. The highest BCUT2D eigenvalue weighted by atomic mass is 16.6. The smallest absolute Gasteiger partial charge is 0.329 e. The molecule has 0 aromatic heterocycles. The van der Waals surface area contributed by atoms with Crippen LogP contribution in [0.3, 0.4) is 0 Å². The van der Waals surface area contributed by atoms with E-state index in [1.165, 1.54) is 0 Å². The summed E-state index contributed by atoms with van der Waals surface area (Å²) in [7, 11) is 0. The molecule has 0 fully saturated rings. The van der Waals surface area contributed by atoms with E-state index in [0.717, 1.165) is 6.42 Å². The first-order valence-electron chi connectivity index (χ1n) is 9.71. The molecule has 0 aromatic rings. The number of hydrogen-bond acceptors (Lipinski definition) is 5. The van der Waals surface area contributed by atoms with Gasteiger partial charge in [0.15, 0.2) is 0 Å². The summed E-state index contributed by atoms with van der Waals surface area (Å²) in [6.45, 7) is 17.0. The van der Waals surface area contributed by atoms with Gasteiger partial charge in [0.25, 0.3) is 0 Å². The molecule has 0 bridgehead atoms. The summed E-state index contributed by atoms with van der Waals surface area (Å²) in [6.07, 6.45) is 0.761. The van der Waals surface area contributed by atoms with Gasteiger partial charge in [0.05, 0.1) is 6.61 Å². The average Bonchev–Trinajstić information content (AvgIpc) is 2.47. The van der Waals surface area contributed by atoms with Gasteiger partial charge in [0.1, 0.15) is 17.7 Å². The Bertz CT molecular complexity index is 495. The van der Waals surface area contributed by atoms with Crippen molar-refractivity contribution >= 4 is 18.0 Å². The number of amides is 2. The van der Waals surface area contributed by atoms with Gasteiger partial charge in [-0.25, -0.2) is 14.4 Å². The molecule has 0 saturated carbocycles. The molecular formula is C20H38N2O5.